The summed E-state index contributed by atoms with van der Waals surface area (Å²) in [5.41, 5.74) is 7.00. The van der Waals surface area contributed by atoms with Crippen molar-refractivity contribution in [3.05, 3.63) is 106 Å². The van der Waals surface area contributed by atoms with Crippen LogP contribution in [0.5, 0.6) is 5.75 Å². The number of aryl methyl sites for hydroxylation is 2. The van der Waals surface area contributed by atoms with Crippen LogP contribution in [0.4, 0.5) is 10.1 Å². The van der Waals surface area contributed by atoms with Crippen molar-refractivity contribution >= 4 is 43.8 Å². The zero-order valence-corrected chi connectivity index (χ0v) is 24.8. The van der Waals surface area contributed by atoms with Gasteiger partial charge in [-0.3, -0.25) is 9.10 Å². The number of rotatable bonds is 9. The topological polar surface area (TPSA) is 93.0 Å². The van der Waals surface area contributed by atoms with E-state index in [0.717, 1.165) is 32.5 Å². The lowest BCUT2D eigenvalue weighted by molar-refractivity contribution is -0.119. The lowest BCUT2D eigenvalue weighted by atomic mass is 10.2. The Kier molecular flexibility index (Phi) is 8.75. The zero-order valence-electron chi connectivity index (χ0n) is 22.4. The van der Waals surface area contributed by atoms with Crippen molar-refractivity contribution in [2.24, 2.45) is 5.10 Å². The average molecular weight is 628 g/mol. The van der Waals surface area contributed by atoms with Crippen molar-refractivity contribution in [2.45, 2.75) is 25.7 Å². The standard InChI is InChI=1S/C29H28BrFN4O4S/c1-19-5-9-24(10-6-19)34(40(37,38)26-13-14-28(39-4)27(30)16-26)18-29(36)33-32-17-22-15-20(2)35(21(22)3)25-11-7-23(31)8-12-25/h5-17H,18H2,1-4H3,(H,33,36)/b32-17-. The van der Waals surface area contributed by atoms with Crippen LogP contribution in [0.1, 0.15) is 22.5 Å². The van der Waals surface area contributed by atoms with Gasteiger partial charge in [-0.05, 0) is 97.4 Å². The second-order valence-corrected chi connectivity index (χ2v) is 11.8. The van der Waals surface area contributed by atoms with Crippen LogP contribution in [0.15, 0.2) is 87.3 Å². The van der Waals surface area contributed by atoms with Gasteiger partial charge in [-0.25, -0.2) is 18.2 Å². The predicted octanol–water partition coefficient (Wildman–Crippen LogP) is 5.66. The molecule has 11 heteroatoms. The molecule has 1 amide bonds. The maximum atomic E-state index is 13.7. The molecule has 0 spiro atoms. The summed E-state index contributed by atoms with van der Waals surface area (Å²) in [7, 11) is -2.64. The summed E-state index contributed by atoms with van der Waals surface area (Å²) in [5, 5.41) is 4.07. The van der Waals surface area contributed by atoms with Gasteiger partial charge in [0.1, 0.15) is 18.1 Å². The number of carbonyl (C=O) groups is 1. The van der Waals surface area contributed by atoms with E-state index in [1.807, 2.05) is 31.4 Å². The molecule has 0 saturated carbocycles. The van der Waals surface area contributed by atoms with Gasteiger partial charge in [-0.15, -0.1) is 0 Å². The number of nitrogens with zero attached hydrogens (tertiary/aromatic N) is 3. The number of hydrogen-bond donors (Lipinski definition) is 1. The van der Waals surface area contributed by atoms with Gasteiger partial charge < -0.3 is 9.30 Å². The van der Waals surface area contributed by atoms with Crippen molar-refractivity contribution in [2.75, 3.05) is 18.0 Å². The SMILES string of the molecule is COc1ccc(S(=O)(=O)N(CC(=O)N/N=C\c2cc(C)n(-c3ccc(F)cc3)c2C)c2ccc(C)cc2)cc1Br. The smallest absolute Gasteiger partial charge is 0.264 e. The summed E-state index contributed by atoms with van der Waals surface area (Å²) < 4.78 is 49.3. The van der Waals surface area contributed by atoms with Crippen molar-refractivity contribution in [1.29, 1.82) is 0 Å². The molecule has 0 aliphatic heterocycles. The van der Waals surface area contributed by atoms with E-state index in [0.29, 0.717) is 15.9 Å². The Morgan fingerprint density at radius 1 is 1.05 bits per heavy atom. The van der Waals surface area contributed by atoms with Gasteiger partial charge in [0.15, 0.2) is 0 Å². The fourth-order valence-corrected chi connectivity index (χ4v) is 6.35. The fraction of sp³-hybridized carbons (Fsp3) is 0.172. The predicted molar refractivity (Wildman–Crippen MR) is 157 cm³/mol. The first-order valence-corrected chi connectivity index (χ1v) is 14.4. The minimum Gasteiger partial charge on any atom is -0.496 e. The molecular weight excluding hydrogens is 599 g/mol. The molecule has 0 aliphatic carbocycles. The Morgan fingerprint density at radius 3 is 2.35 bits per heavy atom. The average Bonchev–Trinajstić information content (AvgIpc) is 3.20. The Morgan fingerprint density at radius 2 is 1.73 bits per heavy atom. The maximum absolute atomic E-state index is 13.7. The van der Waals surface area contributed by atoms with E-state index in [4.69, 9.17) is 4.74 Å². The van der Waals surface area contributed by atoms with E-state index in [1.54, 1.807) is 36.4 Å². The molecule has 1 aromatic heterocycles. The number of hydrazone groups is 1. The Labute approximate surface area is 241 Å². The number of carbonyl (C=O) groups excluding carboxylic acids is 1. The van der Waals surface area contributed by atoms with Crippen molar-refractivity contribution < 1.29 is 22.3 Å². The molecule has 208 valence electrons. The molecule has 8 nitrogen and oxygen atoms in total. The number of halogens is 2. The number of ether oxygens (including phenoxy) is 1. The first-order chi connectivity index (χ1) is 19.0. The van der Waals surface area contributed by atoms with Crippen molar-refractivity contribution in [1.82, 2.24) is 9.99 Å². The number of sulfonamides is 1. The van der Waals surface area contributed by atoms with E-state index < -0.39 is 22.5 Å². The molecule has 4 rings (SSSR count). The van der Waals surface area contributed by atoms with E-state index in [2.05, 4.69) is 26.5 Å². The second-order valence-electron chi connectivity index (χ2n) is 9.08. The molecule has 1 N–H and O–H groups in total. The van der Waals surface area contributed by atoms with Gasteiger partial charge in [0.05, 0.1) is 28.4 Å². The van der Waals surface area contributed by atoms with Gasteiger partial charge >= 0.3 is 0 Å². The fourth-order valence-electron chi connectivity index (χ4n) is 4.21. The third-order valence-electron chi connectivity index (χ3n) is 6.27. The van der Waals surface area contributed by atoms with Crippen LogP contribution in [-0.4, -0.2) is 38.8 Å². The van der Waals surface area contributed by atoms with Gasteiger partial charge in [0.2, 0.25) is 0 Å². The summed E-state index contributed by atoms with van der Waals surface area (Å²) in [6.07, 6.45) is 1.49. The molecule has 0 unspecified atom stereocenters. The Bertz CT molecular complexity index is 1670. The molecular formula is C29H28BrFN4O4S. The lowest BCUT2D eigenvalue weighted by Gasteiger charge is -2.24. The number of methoxy groups -OCH3 is 1. The summed E-state index contributed by atoms with van der Waals surface area (Å²) >= 11 is 3.33. The third-order valence-corrected chi connectivity index (χ3v) is 8.66. The quantitative estimate of drug-likeness (QED) is 0.192. The minimum atomic E-state index is -4.12. The van der Waals surface area contributed by atoms with Crippen LogP contribution in [0.25, 0.3) is 5.69 Å². The molecule has 1 heterocycles. The van der Waals surface area contributed by atoms with Gasteiger partial charge in [0, 0.05) is 22.6 Å². The highest BCUT2D eigenvalue weighted by atomic mass is 79.9. The third kappa shape index (κ3) is 6.26. The van der Waals surface area contributed by atoms with E-state index in [-0.39, 0.29) is 10.7 Å². The summed E-state index contributed by atoms with van der Waals surface area (Å²) in [6, 6.07) is 19.3. The Balaban J connectivity index is 1.56. The van der Waals surface area contributed by atoms with E-state index >= 15 is 0 Å². The highest BCUT2D eigenvalue weighted by Gasteiger charge is 2.28. The van der Waals surface area contributed by atoms with Crippen LogP contribution in [0, 0.1) is 26.6 Å². The van der Waals surface area contributed by atoms with Crippen LogP contribution < -0.4 is 14.5 Å². The monoisotopic (exact) mass is 626 g/mol. The van der Waals surface area contributed by atoms with Gasteiger partial charge in [-0.2, -0.15) is 5.10 Å². The summed E-state index contributed by atoms with van der Waals surface area (Å²) in [6.45, 7) is 5.19. The normalized spacial score (nSPS) is 11.6. The minimum absolute atomic E-state index is 0.00900. The first kappa shape index (κ1) is 29.0. The lowest BCUT2D eigenvalue weighted by Crippen LogP contribution is -2.39. The van der Waals surface area contributed by atoms with Crippen LogP contribution >= 0.6 is 15.9 Å². The second kappa shape index (κ2) is 12.1. The molecule has 0 saturated heterocycles. The summed E-state index contributed by atoms with van der Waals surface area (Å²) in [5.74, 6) is -0.468. The van der Waals surface area contributed by atoms with Crippen molar-refractivity contribution in [3.63, 3.8) is 0 Å². The molecule has 4 aromatic rings. The Hall–Kier alpha value is -3.96. The number of anilines is 1. The number of amides is 1. The molecule has 0 bridgehead atoms. The molecule has 0 atom stereocenters. The van der Waals surface area contributed by atoms with Crippen molar-refractivity contribution in [3.8, 4) is 11.4 Å². The highest BCUT2D eigenvalue weighted by molar-refractivity contribution is 9.10. The van der Waals surface area contributed by atoms with Crippen LogP contribution in [0.2, 0.25) is 0 Å². The molecule has 3 aromatic carbocycles. The zero-order chi connectivity index (χ0) is 29.0. The number of nitrogens with one attached hydrogen (secondary N) is 1. The largest absolute Gasteiger partial charge is 0.496 e. The molecule has 40 heavy (non-hydrogen) atoms. The van der Waals surface area contributed by atoms with E-state index in [9.17, 15) is 17.6 Å². The molecule has 0 aliphatic rings. The van der Waals surface area contributed by atoms with Gasteiger partial charge in [-0.1, -0.05) is 17.7 Å². The van der Waals surface area contributed by atoms with Gasteiger partial charge in [0.25, 0.3) is 15.9 Å². The first-order valence-electron chi connectivity index (χ1n) is 12.2. The van der Waals surface area contributed by atoms with E-state index in [1.165, 1.54) is 43.7 Å². The highest BCUT2D eigenvalue weighted by Crippen LogP contribution is 2.31. The number of hydrogen-bond acceptors (Lipinski definition) is 5. The summed E-state index contributed by atoms with van der Waals surface area (Å²) in [4.78, 5) is 12.9. The molecule has 0 radical (unpaired) electrons. The van der Waals surface area contributed by atoms with Crippen LogP contribution in [0.3, 0.4) is 0 Å². The number of benzene rings is 3. The number of aromatic nitrogens is 1. The molecule has 0 fully saturated rings. The van der Waals surface area contributed by atoms with Crippen LogP contribution in [-0.2, 0) is 14.8 Å². The maximum Gasteiger partial charge on any atom is 0.264 e.